The zero-order valence-electron chi connectivity index (χ0n) is 17.8. The number of methoxy groups -OCH3 is 1. The number of nitrogens with one attached hydrogen (secondary N) is 2. The van der Waals surface area contributed by atoms with Crippen LogP contribution < -0.4 is 14.8 Å². The second-order valence-corrected chi connectivity index (χ2v) is 9.05. The summed E-state index contributed by atoms with van der Waals surface area (Å²) in [6.07, 6.45) is 0. The predicted octanol–water partition coefficient (Wildman–Crippen LogP) is 1.55. The maximum Gasteiger partial charge on any atom is 0.241 e. The van der Waals surface area contributed by atoms with Crippen LogP contribution in [0.4, 0.5) is 0 Å². The molecule has 1 aliphatic rings. The first-order valence-corrected chi connectivity index (χ1v) is 11.7. The van der Waals surface area contributed by atoms with E-state index in [0.29, 0.717) is 19.8 Å². The van der Waals surface area contributed by atoms with Crippen LogP contribution in [-0.4, -0.2) is 65.2 Å². The minimum absolute atomic E-state index is 0.0586. The molecule has 1 aliphatic heterocycles. The van der Waals surface area contributed by atoms with Crippen LogP contribution in [0.5, 0.6) is 5.75 Å². The topological polar surface area (TPSA) is 97.0 Å². The summed E-state index contributed by atoms with van der Waals surface area (Å²) in [4.78, 5) is 15.0. The first kappa shape index (κ1) is 23.2. The van der Waals surface area contributed by atoms with Crippen molar-refractivity contribution in [3.05, 3.63) is 60.2 Å². The van der Waals surface area contributed by atoms with E-state index >= 15 is 0 Å². The lowest BCUT2D eigenvalue weighted by atomic mass is 10.0. The van der Waals surface area contributed by atoms with Crippen molar-refractivity contribution in [1.82, 2.24) is 14.9 Å². The smallest absolute Gasteiger partial charge is 0.241 e. The van der Waals surface area contributed by atoms with Crippen molar-refractivity contribution in [2.24, 2.45) is 0 Å². The average molecular weight is 448 g/mol. The van der Waals surface area contributed by atoms with Gasteiger partial charge in [-0.15, -0.1) is 0 Å². The molecule has 2 unspecified atom stereocenters. The van der Waals surface area contributed by atoms with E-state index in [4.69, 9.17) is 9.47 Å². The van der Waals surface area contributed by atoms with E-state index in [0.717, 1.165) is 24.4 Å². The number of carbonyl (C=O) groups is 1. The molecule has 168 valence electrons. The third kappa shape index (κ3) is 6.27. The molecular weight excluding hydrogens is 418 g/mol. The van der Waals surface area contributed by atoms with Gasteiger partial charge < -0.3 is 14.8 Å². The predicted molar refractivity (Wildman–Crippen MR) is 117 cm³/mol. The van der Waals surface area contributed by atoms with Crippen LogP contribution in [0.2, 0.25) is 0 Å². The molecule has 2 aromatic rings. The monoisotopic (exact) mass is 447 g/mol. The molecule has 0 aromatic heterocycles. The third-order valence-electron chi connectivity index (χ3n) is 5.24. The summed E-state index contributed by atoms with van der Waals surface area (Å²) in [5.41, 5.74) is 1.04. The van der Waals surface area contributed by atoms with Crippen molar-refractivity contribution < 1.29 is 22.7 Å². The molecule has 2 N–H and O–H groups in total. The summed E-state index contributed by atoms with van der Waals surface area (Å²) in [5, 5.41) is 2.90. The number of nitrogens with zero attached hydrogens (tertiary/aromatic N) is 1. The number of sulfonamides is 1. The van der Waals surface area contributed by atoms with Gasteiger partial charge in [-0.25, -0.2) is 8.42 Å². The molecule has 9 heteroatoms. The Morgan fingerprint density at radius 3 is 2.35 bits per heavy atom. The van der Waals surface area contributed by atoms with Gasteiger partial charge in [0.2, 0.25) is 15.9 Å². The van der Waals surface area contributed by atoms with Gasteiger partial charge in [0.05, 0.1) is 37.3 Å². The van der Waals surface area contributed by atoms with Crippen LogP contribution >= 0.6 is 0 Å². The van der Waals surface area contributed by atoms with E-state index in [2.05, 4.69) is 14.9 Å². The number of rotatable bonds is 9. The maximum absolute atomic E-state index is 12.7. The first-order chi connectivity index (χ1) is 14.9. The zero-order valence-corrected chi connectivity index (χ0v) is 18.6. The Labute approximate surface area is 183 Å². The summed E-state index contributed by atoms with van der Waals surface area (Å²) < 4.78 is 38.1. The fraction of sp³-hybridized carbons (Fsp3) is 0.409. The van der Waals surface area contributed by atoms with E-state index in [-0.39, 0.29) is 16.8 Å². The summed E-state index contributed by atoms with van der Waals surface area (Å²) in [7, 11) is -2.16. The first-order valence-electron chi connectivity index (χ1n) is 10.2. The van der Waals surface area contributed by atoms with Crippen LogP contribution in [0.15, 0.2) is 59.5 Å². The highest BCUT2D eigenvalue weighted by molar-refractivity contribution is 7.89. The highest BCUT2D eigenvalue weighted by Gasteiger charge is 2.26. The molecule has 1 amide bonds. The van der Waals surface area contributed by atoms with Crippen molar-refractivity contribution in [2.75, 3.05) is 40.0 Å². The van der Waals surface area contributed by atoms with Crippen molar-refractivity contribution in [3.63, 3.8) is 0 Å². The number of morpholine rings is 1. The van der Waals surface area contributed by atoms with Gasteiger partial charge in [-0.3, -0.25) is 9.69 Å². The fourth-order valence-electron chi connectivity index (χ4n) is 3.48. The number of benzene rings is 2. The van der Waals surface area contributed by atoms with Gasteiger partial charge in [0.1, 0.15) is 5.75 Å². The molecule has 1 fully saturated rings. The SMILES string of the molecule is COc1ccc(C(CNC(=O)C(C)NS(=O)(=O)c2ccccc2)N2CCOCC2)cc1. The largest absolute Gasteiger partial charge is 0.497 e. The Kier molecular flexibility index (Phi) is 8.03. The Morgan fingerprint density at radius 2 is 1.74 bits per heavy atom. The van der Waals surface area contributed by atoms with Gasteiger partial charge in [-0.05, 0) is 36.8 Å². The van der Waals surface area contributed by atoms with Gasteiger partial charge in [0.25, 0.3) is 0 Å². The molecule has 8 nitrogen and oxygen atoms in total. The second-order valence-electron chi connectivity index (χ2n) is 7.34. The van der Waals surface area contributed by atoms with E-state index in [1.54, 1.807) is 25.3 Å². The molecule has 3 rings (SSSR count). The van der Waals surface area contributed by atoms with Crippen LogP contribution in [0, 0.1) is 0 Å². The Bertz CT molecular complexity index is 945. The van der Waals surface area contributed by atoms with Crippen molar-refractivity contribution in [3.8, 4) is 5.75 Å². The Hall–Kier alpha value is -2.46. The minimum atomic E-state index is -3.78. The number of hydrogen-bond donors (Lipinski definition) is 2. The summed E-state index contributed by atoms with van der Waals surface area (Å²) >= 11 is 0. The molecule has 31 heavy (non-hydrogen) atoms. The van der Waals surface area contributed by atoms with Gasteiger partial charge in [0, 0.05) is 19.6 Å². The lowest BCUT2D eigenvalue weighted by Crippen LogP contribution is -2.48. The molecule has 2 aromatic carbocycles. The standard InChI is InChI=1S/C22H29N3O5S/c1-17(24-31(27,28)20-6-4-3-5-7-20)22(26)23-16-21(25-12-14-30-15-13-25)18-8-10-19(29-2)11-9-18/h3-11,17,21,24H,12-16H2,1-2H3,(H,23,26). The number of carbonyl (C=O) groups excluding carboxylic acids is 1. The number of ether oxygens (including phenoxy) is 2. The highest BCUT2D eigenvalue weighted by atomic mass is 32.2. The number of hydrogen-bond acceptors (Lipinski definition) is 6. The van der Waals surface area contributed by atoms with E-state index in [1.807, 2.05) is 24.3 Å². The quantitative estimate of drug-likeness (QED) is 0.606. The molecule has 0 radical (unpaired) electrons. The average Bonchev–Trinajstić information content (AvgIpc) is 2.80. The van der Waals surface area contributed by atoms with Crippen molar-refractivity contribution in [1.29, 1.82) is 0 Å². The van der Waals surface area contributed by atoms with Gasteiger partial charge in [0.15, 0.2) is 0 Å². The molecule has 1 heterocycles. The minimum Gasteiger partial charge on any atom is -0.497 e. The van der Waals surface area contributed by atoms with E-state index < -0.39 is 16.1 Å². The lowest BCUT2D eigenvalue weighted by molar-refractivity contribution is -0.122. The van der Waals surface area contributed by atoms with Gasteiger partial charge >= 0.3 is 0 Å². The van der Waals surface area contributed by atoms with E-state index in [9.17, 15) is 13.2 Å². The summed E-state index contributed by atoms with van der Waals surface area (Å²) in [5.74, 6) is 0.378. The third-order valence-corrected chi connectivity index (χ3v) is 6.79. The van der Waals surface area contributed by atoms with Crippen LogP contribution in [0.3, 0.4) is 0 Å². The van der Waals surface area contributed by atoms with Gasteiger partial charge in [-0.1, -0.05) is 30.3 Å². The maximum atomic E-state index is 12.7. The molecule has 0 spiro atoms. The summed E-state index contributed by atoms with van der Waals surface area (Å²) in [6, 6.07) is 14.8. The summed E-state index contributed by atoms with van der Waals surface area (Å²) in [6.45, 7) is 4.66. The molecular formula is C22H29N3O5S. The molecule has 0 bridgehead atoms. The fourth-order valence-corrected chi connectivity index (χ4v) is 4.70. The molecule has 0 saturated carbocycles. The Balaban J connectivity index is 1.66. The van der Waals surface area contributed by atoms with Crippen LogP contribution in [-0.2, 0) is 19.6 Å². The highest BCUT2D eigenvalue weighted by Crippen LogP contribution is 2.23. The van der Waals surface area contributed by atoms with Crippen LogP contribution in [0.25, 0.3) is 0 Å². The molecule has 1 saturated heterocycles. The second kappa shape index (κ2) is 10.7. The zero-order chi connectivity index (χ0) is 22.3. The van der Waals surface area contributed by atoms with E-state index in [1.165, 1.54) is 19.1 Å². The van der Waals surface area contributed by atoms with Crippen molar-refractivity contribution >= 4 is 15.9 Å². The lowest BCUT2D eigenvalue weighted by Gasteiger charge is -2.35. The normalized spacial score (nSPS) is 17.0. The Morgan fingerprint density at radius 1 is 1.10 bits per heavy atom. The molecule has 2 atom stereocenters. The van der Waals surface area contributed by atoms with Crippen molar-refractivity contribution in [2.45, 2.75) is 23.9 Å². The van der Waals surface area contributed by atoms with Gasteiger partial charge in [-0.2, -0.15) is 4.72 Å². The van der Waals surface area contributed by atoms with Crippen LogP contribution in [0.1, 0.15) is 18.5 Å². The molecule has 0 aliphatic carbocycles. The number of amides is 1.